The van der Waals surface area contributed by atoms with E-state index in [1.807, 2.05) is 43.1 Å². The smallest absolute Gasteiger partial charge is 0.255 e. The molecule has 0 aliphatic rings. The standard InChI is InChI=1S/C19H21N5O2/c1-4-23(2)19(25)15-5-6-18(21-12-15)24(3)13-16-11-17(22-26-16)14-7-9-20-10-8-14/h5-12H,4,13H2,1-3H3. The molecule has 0 saturated heterocycles. The molecule has 0 spiro atoms. The van der Waals surface area contributed by atoms with E-state index in [0.29, 0.717) is 18.7 Å². The van der Waals surface area contributed by atoms with Gasteiger partial charge in [-0.1, -0.05) is 5.16 Å². The van der Waals surface area contributed by atoms with E-state index in [1.165, 1.54) is 0 Å². The highest BCUT2D eigenvalue weighted by molar-refractivity contribution is 5.93. The highest BCUT2D eigenvalue weighted by Crippen LogP contribution is 2.20. The van der Waals surface area contributed by atoms with E-state index in [1.54, 1.807) is 36.6 Å². The minimum atomic E-state index is -0.0357. The highest BCUT2D eigenvalue weighted by Gasteiger charge is 2.13. The van der Waals surface area contributed by atoms with Crippen molar-refractivity contribution in [1.29, 1.82) is 0 Å². The summed E-state index contributed by atoms with van der Waals surface area (Å²) in [7, 11) is 3.68. The molecule has 134 valence electrons. The van der Waals surface area contributed by atoms with Crippen molar-refractivity contribution in [3.8, 4) is 11.3 Å². The number of carbonyl (C=O) groups excluding carboxylic acids is 1. The summed E-state index contributed by atoms with van der Waals surface area (Å²) in [5, 5.41) is 4.10. The van der Waals surface area contributed by atoms with Crippen molar-refractivity contribution in [2.45, 2.75) is 13.5 Å². The van der Waals surface area contributed by atoms with Crippen LogP contribution >= 0.6 is 0 Å². The van der Waals surface area contributed by atoms with Crippen molar-refractivity contribution < 1.29 is 9.32 Å². The van der Waals surface area contributed by atoms with Gasteiger partial charge in [-0.2, -0.15) is 0 Å². The van der Waals surface area contributed by atoms with Crippen molar-refractivity contribution >= 4 is 11.7 Å². The Morgan fingerprint density at radius 3 is 2.58 bits per heavy atom. The van der Waals surface area contributed by atoms with Gasteiger partial charge in [-0.05, 0) is 31.2 Å². The first kappa shape index (κ1) is 17.6. The Kier molecular flexibility index (Phi) is 5.26. The van der Waals surface area contributed by atoms with Crippen LogP contribution in [0.2, 0.25) is 0 Å². The lowest BCUT2D eigenvalue weighted by atomic mass is 10.2. The van der Waals surface area contributed by atoms with Gasteiger partial charge in [0.05, 0.1) is 12.1 Å². The minimum absolute atomic E-state index is 0.0357. The molecule has 0 aliphatic carbocycles. The third kappa shape index (κ3) is 3.88. The Bertz CT molecular complexity index is 861. The topological polar surface area (TPSA) is 75.4 Å². The molecule has 0 unspecified atom stereocenters. The molecule has 3 rings (SSSR count). The second-order valence-corrected chi connectivity index (χ2v) is 5.99. The maximum atomic E-state index is 12.1. The van der Waals surface area contributed by atoms with Crippen LogP contribution in [0.25, 0.3) is 11.3 Å². The molecule has 0 fully saturated rings. The van der Waals surface area contributed by atoms with Crippen LogP contribution in [0.4, 0.5) is 5.82 Å². The van der Waals surface area contributed by atoms with Gasteiger partial charge in [-0.15, -0.1) is 0 Å². The summed E-state index contributed by atoms with van der Waals surface area (Å²) < 4.78 is 5.42. The molecule has 7 heteroatoms. The molecule has 0 bridgehead atoms. The lowest BCUT2D eigenvalue weighted by Gasteiger charge is -2.17. The normalized spacial score (nSPS) is 10.6. The summed E-state index contributed by atoms with van der Waals surface area (Å²) in [5.74, 6) is 1.45. The summed E-state index contributed by atoms with van der Waals surface area (Å²) >= 11 is 0. The van der Waals surface area contributed by atoms with E-state index >= 15 is 0 Å². The Labute approximate surface area is 152 Å². The SMILES string of the molecule is CCN(C)C(=O)c1ccc(N(C)Cc2cc(-c3ccncc3)no2)nc1. The van der Waals surface area contributed by atoms with Gasteiger partial charge >= 0.3 is 0 Å². The van der Waals surface area contributed by atoms with Crippen LogP contribution in [0, 0.1) is 0 Å². The summed E-state index contributed by atoms with van der Waals surface area (Å²) in [6, 6.07) is 9.29. The zero-order valence-electron chi connectivity index (χ0n) is 15.1. The fraction of sp³-hybridized carbons (Fsp3) is 0.263. The minimum Gasteiger partial charge on any atom is -0.359 e. The number of hydrogen-bond acceptors (Lipinski definition) is 6. The van der Waals surface area contributed by atoms with Gasteiger partial charge in [0.25, 0.3) is 5.91 Å². The van der Waals surface area contributed by atoms with E-state index in [0.717, 1.165) is 22.8 Å². The third-order valence-electron chi connectivity index (χ3n) is 4.14. The Morgan fingerprint density at radius 2 is 1.92 bits per heavy atom. The van der Waals surface area contributed by atoms with Crippen molar-refractivity contribution in [1.82, 2.24) is 20.0 Å². The molecule has 0 atom stereocenters. The molecule has 0 aromatic carbocycles. The third-order valence-corrected chi connectivity index (χ3v) is 4.14. The quantitative estimate of drug-likeness (QED) is 0.680. The molecule has 3 aromatic heterocycles. The summed E-state index contributed by atoms with van der Waals surface area (Å²) in [5.41, 5.74) is 2.30. The number of anilines is 1. The Morgan fingerprint density at radius 1 is 1.15 bits per heavy atom. The molecule has 26 heavy (non-hydrogen) atoms. The predicted octanol–water partition coefficient (Wildman–Crippen LogP) is 2.86. The van der Waals surface area contributed by atoms with Gasteiger partial charge in [-0.3, -0.25) is 9.78 Å². The summed E-state index contributed by atoms with van der Waals surface area (Å²) in [6.45, 7) is 3.12. The lowest BCUT2D eigenvalue weighted by Crippen LogP contribution is -2.26. The van der Waals surface area contributed by atoms with Crippen LogP contribution in [-0.4, -0.2) is 46.6 Å². The average molecular weight is 351 g/mol. The first-order chi connectivity index (χ1) is 12.6. The number of amides is 1. The van der Waals surface area contributed by atoms with Crippen LogP contribution < -0.4 is 4.90 Å². The predicted molar refractivity (Wildman–Crippen MR) is 98.7 cm³/mol. The summed E-state index contributed by atoms with van der Waals surface area (Å²) in [6.07, 6.45) is 5.04. The Balaban J connectivity index is 1.68. The summed E-state index contributed by atoms with van der Waals surface area (Å²) in [4.78, 5) is 24.1. The molecule has 0 saturated carbocycles. The molecule has 1 amide bonds. The fourth-order valence-corrected chi connectivity index (χ4v) is 2.46. The van der Waals surface area contributed by atoms with E-state index < -0.39 is 0 Å². The molecular formula is C19H21N5O2. The van der Waals surface area contributed by atoms with Gasteiger partial charge < -0.3 is 14.3 Å². The molecular weight excluding hydrogens is 330 g/mol. The van der Waals surface area contributed by atoms with E-state index in [9.17, 15) is 4.79 Å². The van der Waals surface area contributed by atoms with Gasteiger partial charge in [0, 0.05) is 50.9 Å². The molecule has 3 heterocycles. The first-order valence-electron chi connectivity index (χ1n) is 8.37. The number of rotatable bonds is 6. The zero-order chi connectivity index (χ0) is 18.5. The number of pyridine rings is 2. The average Bonchev–Trinajstić information content (AvgIpc) is 3.16. The van der Waals surface area contributed by atoms with Crippen molar-refractivity contribution in [3.63, 3.8) is 0 Å². The van der Waals surface area contributed by atoms with Gasteiger partial charge in [-0.25, -0.2) is 4.98 Å². The van der Waals surface area contributed by atoms with Crippen LogP contribution in [0.15, 0.2) is 53.4 Å². The zero-order valence-corrected chi connectivity index (χ0v) is 15.1. The fourth-order valence-electron chi connectivity index (χ4n) is 2.46. The van der Waals surface area contributed by atoms with Gasteiger partial charge in [0.2, 0.25) is 0 Å². The lowest BCUT2D eigenvalue weighted by molar-refractivity contribution is 0.0802. The molecule has 0 N–H and O–H groups in total. The van der Waals surface area contributed by atoms with Gasteiger partial charge in [0.15, 0.2) is 5.76 Å². The van der Waals surface area contributed by atoms with Crippen LogP contribution in [0.3, 0.4) is 0 Å². The largest absolute Gasteiger partial charge is 0.359 e. The number of carbonyl (C=O) groups is 1. The molecule has 7 nitrogen and oxygen atoms in total. The monoisotopic (exact) mass is 351 g/mol. The van der Waals surface area contributed by atoms with Crippen LogP contribution in [-0.2, 0) is 6.54 Å². The van der Waals surface area contributed by atoms with E-state index in [-0.39, 0.29) is 5.91 Å². The van der Waals surface area contributed by atoms with E-state index in [2.05, 4.69) is 15.1 Å². The molecule has 3 aromatic rings. The van der Waals surface area contributed by atoms with E-state index in [4.69, 9.17) is 4.52 Å². The van der Waals surface area contributed by atoms with Crippen molar-refractivity contribution in [3.05, 3.63) is 60.2 Å². The van der Waals surface area contributed by atoms with Crippen molar-refractivity contribution in [2.24, 2.45) is 0 Å². The highest BCUT2D eigenvalue weighted by atomic mass is 16.5. The maximum Gasteiger partial charge on any atom is 0.255 e. The first-order valence-corrected chi connectivity index (χ1v) is 8.37. The second kappa shape index (κ2) is 7.77. The Hall–Kier alpha value is -3.22. The number of hydrogen-bond donors (Lipinski definition) is 0. The second-order valence-electron chi connectivity index (χ2n) is 5.99. The van der Waals surface area contributed by atoms with Crippen LogP contribution in [0.1, 0.15) is 23.0 Å². The molecule has 0 radical (unpaired) electrons. The number of nitrogens with zero attached hydrogens (tertiary/aromatic N) is 5. The number of aromatic nitrogens is 3. The molecule has 0 aliphatic heterocycles. The van der Waals surface area contributed by atoms with Crippen LogP contribution in [0.5, 0.6) is 0 Å². The van der Waals surface area contributed by atoms with Gasteiger partial charge in [0.1, 0.15) is 11.5 Å². The maximum absolute atomic E-state index is 12.1. The van der Waals surface area contributed by atoms with Crippen molar-refractivity contribution in [2.75, 3.05) is 25.5 Å².